The van der Waals surface area contributed by atoms with Gasteiger partial charge in [0.25, 0.3) is 0 Å². The van der Waals surface area contributed by atoms with Crippen LogP contribution in [0, 0.1) is 25.7 Å². The van der Waals surface area contributed by atoms with Crippen molar-refractivity contribution in [3.8, 4) is 11.5 Å². The van der Waals surface area contributed by atoms with Crippen molar-refractivity contribution in [3.05, 3.63) is 35.7 Å². The third-order valence-electron chi connectivity index (χ3n) is 4.85. The Morgan fingerprint density at radius 1 is 1.16 bits per heavy atom. The molecule has 6 nitrogen and oxygen atoms in total. The average molecular weight is 342 g/mol. The van der Waals surface area contributed by atoms with Crippen molar-refractivity contribution >= 4 is 17.6 Å². The number of oxazole rings is 1. The molecule has 2 N–H and O–H groups in total. The second-order valence-electron chi connectivity index (χ2n) is 6.62. The van der Waals surface area contributed by atoms with Gasteiger partial charge < -0.3 is 14.8 Å². The lowest BCUT2D eigenvalue weighted by atomic mass is 9.81. The molecule has 1 amide bonds. The number of benzene rings is 1. The summed E-state index contributed by atoms with van der Waals surface area (Å²) in [5, 5.41) is 12.0. The summed E-state index contributed by atoms with van der Waals surface area (Å²) in [6.07, 6.45) is 2.34. The molecule has 3 rings (SSSR count). The van der Waals surface area contributed by atoms with Gasteiger partial charge in [0, 0.05) is 17.2 Å². The van der Waals surface area contributed by atoms with Crippen molar-refractivity contribution in [1.29, 1.82) is 0 Å². The highest BCUT2D eigenvalue weighted by Gasteiger charge is 2.29. The Morgan fingerprint density at radius 3 is 2.44 bits per heavy atom. The Balaban J connectivity index is 1.66. The highest BCUT2D eigenvalue weighted by molar-refractivity contribution is 5.93. The summed E-state index contributed by atoms with van der Waals surface area (Å²) < 4.78 is 5.63. The first-order valence-electron chi connectivity index (χ1n) is 8.52. The number of rotatable bonds is 4. The second-order valence-corrected chi connectivity index (χ2v) is 6.62. The van der Waals surface area contributed by atoms with E-state index in [1.807, 2.05) is 38.1 Å². The maximum atomic E-state index is 12.5. The number of aliphatic carboxylic acids is 1. The molecule has 0 unspecified atom stereocenters. The fourth-order valence-corrected chi connectivity index (χ4v) is 3.17. The highest BCUT2D eigenvalue weighted by atomic mass is 16.4. The van der Waals surface area contributed by atoms with Gasteiger partial charge in [-0.15, -0.1) is 0 Å². The van der Waals surface area contributed by atoms with E-state index < -0.39 is 5.97 Å². The molecule has 0 spiro atoms. The van der Waals surface area contributed by atoms with Gasteiger partial charge in [0.05, 0.1) is 11.6 Å². The minimum atomic E-state index is -0.761. The van der Waals surface area contributed by atoms with Crippen molar-refractivity contribution in [3.63, 3.8) is 0 Å². The number of carboxylic acid groups (broad SMARTS) is 1. The third-order valence-corrected chi connectivity index (χ3v) is 4.85. The number of carbonyl (C=O) groups is 2. The molecule has 0 aliphatic heterocycles. The van der Waals surface area contributed by atoms with Gasteiger partial charge >= 0.3 is 5.97 Å². The molecule has 1 heterocycles. The van der Waals surface area contributed by atoms with Crippen LogP contribution < -0.4 is 5.32 Å². The largest absolute Gasteiger partial charge is 0.481 e. The molecule has 1 aliphatic carbocycles. The molecule has 6 heteroatoms. The summed E-state index contributed by atoms with van der Waals surface area (Å²) in [6, 6.07) is 7.40. The maximum absolute atomic E-state index is 12.5. The highest BCUT2D eigenvalue weighted by Crippen LogP contribution is 2.30. The van der Waals surface area contributed by atoms with Gasteiger partial charge in [0.2, 0.25) is 11.8 Å². The van der Waals surface area contributed by atoms with Gasteiger partial charge in [0.15, 0.2) is 0 Å². The lowest BCUT2D eigenvalue weighted by Gasteiger charge is -2.25. The second kappa shape index (κ2) is 7.09. The molecule has 0 bridgehead atoms. The van der Waals surface area contributed by atoms with E-state index in [0.29, 0.717) is 37.3 Å². The van der Waals surface area contributed by atoms with Crippen LogP contribution in [-0.4, -0.2) is 22.0 Å². The van der Waals surface area contributed by atoms with Gasteiger partial charge in [0.1, 0.15) is 5.76 Å². The summed E-state index contributed by atoms with van der Waals surface area (Å²) in [5.41, 5.74) is 2.35. The normalized spacial score (nSPS) is 20.2. The van der Waals surface area contributed by atoms with Crippen molar-refractivity contribution in [1.82, 2.24) is 4.98 Å². The number of aromatic nitrogens is 1. The number of amides is 1. The topological polar surface area (TPSA) is 92.4 Å². The fourth-order valence-electron chi connectivity index (χ4n) is 3.17. The number of nitrogens with zero attached hydrogens (tertiary/aromatic N) is 1. The minimum absolute atomic E-state index is 0.0549. The minimum Gasteiger partial charge on any atom is -0.481 e. The van der Waals surface area contributed by atoms with Gasteiger partial charge in [-0.05, 0) is 57.7 Å². The van der Waals surface area contributed by atoms with Crippen LogP contribution in [-0.2, 0) is 9.59 Å². The Bertz CT molecular complexity index is 769. The van der Waals surface area contributed by atoms with Gasteiger partial charge in [-0.2, -0.15) is 0 Å². The van der Waals surface area contributed by atoms with Crippen LogP contribution in [0.15, 0.2) is 28.7 Å². The van der Waals surface area contributed by atoms with Crippen molar-refractivity contribution in [2.75, 3.05) is 5.32 Å². The van der Waals surface area contributed by atoms with Gasteiger partial charge in [-0.3, -0.25) is 9.59 Å². The Morgan fingerprint density at radius 2 is 1.84 bits per heavy atom. The molecule has 1 saturated carbocycles. The molecule has 1 aromatic carbocycles. The van der Waals surface area contributed by atoms with E-state index in [0.717, 1.165) is 17.0 Å². The van der Waals surface area contributed by atoms with Crippen LogP contribution >= 0.6 is 0 Å². The molecule has 0 saturated heterocycles. The lowest BCUT2D eigenvalue weighted by Crippen LogP contribution is -2.29. The quantitative estimate of drug-likeness (QED) is 0.882. The first-order valence-corrected chi connectivity index (χ1v) is 8.52. The molecule has 1 aliphatic rings. The van der Waals surface area contributed by atoms with E-state index in [4.69, 9.17) is 9.52 Å². The smallest absolute Gasteiger partial charge is 0.306 e. The Kier molecular flexibility index (Phi) is 4.88. The zero-order chi connectivity index (χ0) is 18.0. The molecule has 0 atom stereocenters. The molecular formula is C19H22N2O4. The fraction of sp³-hybridized carbons (Fsp3) is 0.421. The average Bonchev–Trinajstić information content (AvgIpc) is 2.94. The van der Waals surface area contributed by atoms with Crippen molar-refractivity contribution < 1.29 is 19.1 Å². The zero-order valence-corrected chi connectivity index (χ0v) is 14.4. The van der Waals surface area contributed by atoms with Gasteiger partial charge in [-0.1, -0.05) is 6.07 Å². The number of nitrogens with one attached hydrogen (secondary N) is 1. The van der Waals surface area contributed by atoms with E-state index in [2.05, 4.69) is 10.3 Å². The van der Waals surface area contributed by atoms with Gasteiger partial charge in [-0.25, -0.2) is 4.98 Å². The molecule has 1 aromatic heterocycles. The van der Waals surface area contributed by atoms with Crippen LogP contribution in [0.1, 0.15) is 37.1 Å². The van der Waals surface area contributed by atoms with Crippen LogP contribution in [0.2, 0.25) is 0 Å². The van der Waals surface area contributed by atoms with Crippen LogP contribution in [0.3, 0.4) is 0 Å². The number of anilines is 1. The number of hydrogen-bond donors (Lipinski definition) is 2. The summed E-state index contributed by atoms with van der Waals surface area (Å²) >= 11 is 0. The number of aryl methyl sites for hydroxylation is 2. The predicted molar refractivity (Wildman–Crippen MR) is 93.1 cm³/mol. The molecule has 0 radical (unpaired) electrons. The van der Waals surface area contributed by atoms with Crippen LogP contribution in [0.4, 0.5) is 5.69 Å². The lowest BCUT2D eigenvalue weighted by molar-refractivity contribution is -0.143. The predicted octanol–water partition coefficient (Wildman–Crippen LogP) is 3.79. The van der Waals surface area contributed by atoms with E-state index in [1.165, 1.54) is 0 Å². The van der Waals surface area contributed by atoms with E-state index in [9.17, 15) is 9.59 Å². The standard InChI is InChI=1S/C19H22N2O4/c1-11-12(2)25-18(20-11)15-4-3-5-16(10-15)21-17(22)13-6-8-14(9-7-13)19(23)24/h3-5,10,13-14H,6-9H2,1-2H3,(H,21,22)(H,23,24). The first kappa shape index (κ1) is 17.2. The summed E-state index contributed by atoms with van der Waals surface area (Å²) in [7, 11) is 0. The molecule has 1 fully saturated rings. The number of carbonyl (C=O) groups excluding carboxylic acids is 1. The maximum Gasteiger partial charge on any atom is 0.306 e. The van der Waals surface area contributed by atoms with E-state index in [1.54, 1.807) is 0 Å². The Hall–Kier alpha value is -2.63. The summed E-state index contributed by atoms with van der Waals surface area (Å²) in [6.45, 7) is 3.76. The third kappa shape index (κ3) is 3.90. The summed E-state index contributed by atoms with van der Waals surface area (Å²) in [4.78, 5) is 27.8. The van der Waals surface area contributed by atoms with Crippen molar-refractivity contribution in [2.24, 2.45) is 11.8 Å². The number of carboxylic acids is 1. The molecular weight excluding hydrogens is 320 g/mol. The zero-order valence-electron chi connectivity index (χ0n) is 14.4. The summed E-state index contributed by atoms with van der Waals surface area (Å²) in [5.74, 6) is 0.0471. The number of hydrogen-bond acceptors (Lipinski definition) is 4. The SMILES string of the molecule is Cc1nc(-c2cccc(NC(=O)C3CCC(C(=O)O)CC3)c2)oc1C. The molecule has 2 aromatic rings. The molecule has 132 valence electrons. The van der Waals surface area contributed by atoms with Crippen LogP contribution in [0.25, 0.3) is 11.5 Å². The van der Waals surface area contributed by atoms with Crippen LogP contribution in [0.5, 0.6) is 0 Å². The Labute approximate surface area is 146 Å². The first-order chi connectivity index (χ1) is 11.9. The van der Waals surface area contributed by atoms with E-state index in [-0.39, 0.29) is 17.7 Å². The molecule has 25 heavy (non-hydrogen) atoms. The van der Waals surface area contributed by atoms with E-state index >= 15 is 0 Å². The van der Waals surface area contributed by atoms with Crippen molar-refractivity contribution in [2.45, 2.75) is 39.5 Å². The monoisotopic (exact) mass is 342 g/mol.